The summed E-state index contributed by atoms with van der Waals surface area (Å²) in [5.41, 5.74) is 1.76. The van der Waals surface area contributed by atoms with Gasteiger partial charge < -0.3 is 40.5 Å². The number of carbonyl (C=O) groups is 2. The Balaban J connectivity index is 1.62. The topological polar surface area (TPSA) is 185 Å². The molecule has 0 bridgehead atoms. The van der Waals surface area contributed by atoms with Crippen molar-refractivity contribution in [2.24, 2.45) is 0 Å². The summed E-state index contributed by atoms with van der Waals surface area (Å²) in [6.45, 7) is 0. The lowest BCUT2D eigenvalue weighted by Gasteiger charge is -2.13. The monoisotopic (exact) mass is 518 g/mol. The first kappa shape index (κ1) is 25.7. The standard InChI is InChI=1S/C28H22O10/c29-20-6-1-14(9-22(20)31)10-25(28(36)37)38-26(34)8-4-17-13-24(33)27(35)18-5-2-15(11-19(17)18)16-3-7-21(30)23(32)12-16/h1-9,11-13,25,29-33,35H,10H2,(H,36,37)/t25-/m1/s1. The number of carbonyl (C=O) groups excluding carboxylic acids is 1. The molecule has 0 aromatic heterocycles. The number of phenolic OH excluding ortho intramolecular Hbond substituents is 6. The number of rotatable bonds is 7. The molecule has 38 heavy (non-hydrogen) atoms. The van der Waals surface area contributed by atoms with Crippen molar-refractivity contribution in [1.29, 1.82) is 0 Å². The molecule has 10 heteroatoms. The first-order valence-electron chi connectivity index (χ1n) is 11.2. The molecule has 4 aromatic rings. The average molecular weight is 518 g/mol. The third kappa shape index (κ3) is 5.39. The van der Waals surface area contributed by atoms with E-state index in [0.29, 0.717) is 27.6 Å². The normalized spacial score (nSPS) is 12.0. The van der Waals surface area contributed by atoms with E-state index in [0.717, 1.165) is 12.1 Å². The van der Waals surface area contributed by atoms with Gasteiger partial charge in [-0.15, -0.1) is 0 Å². The van der Waals surface area contributed by atoms with Crippen LogP contribution in [0.15, 0.2) is 66.7 Å². The molecule has 0 radical (unpaired) electrons. The van der Waals surface area contributed by atoms with Crippen LogP contribution in [0.25, 0.3) is 28.0 Å². The van der Waals surface area contributed by atoms with Gasteiger partial charge in [-0.25, -0.2) is 9.59 Å². The van der Waals surface area contributed by atoms with Crippen LogP contribution in [0.1, 0.15) is 11.1 Å². The van der Waals surface area contributed by atoms with Crippen molar-refractivity contribution in [3.05, 3.63) is 77.9 Å². The first-order chi connectivity index (χ1) is 18.0. The van der Waals surface area contributed by atoms with Gasteiger partial charge in [-0.3, -0.25) is 0 Å². The molecule has 0 aliphatic carbocycles. The number of aliphatic carboxylic acids is 1. The molecule has 0 spiro atoms. The molecule has 0 aliphatic heterocycles. The van der Waals surface area contributed by atoms with Crippen LogP contribution < -0.4 is 0 Å². The Bertz CT molecular complexity index is 1590. The van der Waals surface area contributed by atoms with Crippen LogP contribution in [0, 0.1) is 0 Å². The Hall–Kier alpha value is -5.38. The second-order valence-electron chi connectivity index (χ2n) is 8.42. The van der Waals surface area contributed by atoms with Crippen LogP contribution >= 0.6 is 0 Å². The molecule has 7 N–H and O–H groups in total. The molecule has 0 amide bonds. The number of ether oxygens (including phenoxy) is 1. The maximum atomic E-state index is 12.5. The Kier molecular flexibility index (Phi) is 6.98. The fraction of sp³-hybridized carbons (Fsp3) is 0.0714. The Morgan fingerprint density at radius 2 is 1.34 bits per heavy atom. The van der Waals surface area contributed by atoms with E-state index in [9.17, 15) is 45.3 Å². The quantitative estimate of drug-likeness (QED) is 0.107. The Labute approximate surface area is 215 Å². The fourth-order valence-corrected chi connectivity index (χ4v) is 3.87. The molecule has 4 rings (SSSR count). The molecular formula is C28H22O10. The van der Waals surface area contributed by atoms with E-state index in [1.54, 1.807) is 18.2 Å². The number of aromatic hydroxyl groups is 6. The molecule has 0 unspecified atom stereocenters. The van der Waals surface area contributed by atoms with Crippen molar-refractivity contribution >= 4 is 28.8 Å². The van der Waals surface area contributed by atoms with E-state index >= 15 is 0 Å². The smallest absolute Gasteiger partial charge is 0.345 e. The van der Waals surface area contributed by atoms with E-state index in [-0.39, 0.29) is 34.8 Å². The zero-order valence-electron chi connectivity index (χ0n) is 19.6. The van der Waals surface area contributed by atoms with Crippen LogP contribution in [0.2, 0.25) is 0 Å². The average Bonchev–Trinajstić information content (AvgIpc) is 2.88. The minimum absolute atomic E-state index is 0.264. The number of phenols is 6. The molecule has 4 aromatic carbocycles. The van der Waals surface area contributed by atoms with E-state index in [1.807, 2.05) is 0 Å². The summed E-state index contributed by atoms with van der Waals surface area (Å²) >= 11 is 0. The molecule has 194 valence electrons. The SMILES string of the molecule is O=C(C=Cc1cc(O)c(O)c2ccc(-c3ccc(O)c(O)c3)cc12)O[C@H](Cc1ccc(O)c(O)c1)C(=O)O. The number of hydrogen-bond acceptors (Lipinski definition) is 9. The van der Waals surface area contributed by atoms with Gasteiger partial charge in [-0.1, -0.05) is 18.2 Å². The second-order valence-corrected chi connectivity index (χ2v) is 8.42. The first-order valence-corrected chi connectivity index (χ1v) is 11.2. The summed E-state index contributed by atoms with van der Waals surface area (Å²) < 4.78 is 5.06. The number of carboxylic acid groups (broad SMARTS) is 1. The zero-order chi connectivity index (χ0) is 27.6. The van der Waals surface area contributed by atoms with E-state index in [4.69, 9.17) is 4.74 Å². The maximum Gasteiger partial charge on any atom is 0.345 e. The lowest BCUT2D eigenvalue weighted by atomic mass is 9.96. The summed E-state index contributed by atoms with van der Waals surface area (Å²) in [7, 11) is 0. The van der Waals surface area contributed by atoms with Crippen molar-refractivity contribution in [3.63, 3.8) is 0 Å². The van der Waals surface area contributed by atoms with Gasteiger partial charge in [-0.05, 0) is 76.2 Å². The third-order valence-corrected chi connectivity index (χ3v) is 5.82. The van der Waals surface area contributed by atoms with Crippen molar-refractivity contribution in [2.45, 2.75) is 12.5 Å². The van der Waals surface area contributed by atoms with E-state index in [1.165, 1.54) is 42.5 Å². The van der Waals surface area contributed by atoms with Gasteiger partial charge in [0.25, 0.3) is 0 Å². The molecule has 0 saturated heterocycles. The second kappa shape index (κ2) is 10.3. The summed E-state index contributed by atoms with van der Waals surface area (Å²) in [6, 6.07) is 14.0. The molecular weight excluding hydrogens is 496 g/mol. The van der Waals surface area contributed by atoms with E-state index < -0.39 is 29.5 Å². The highest BCUT2D eigenvalue weighted by atomic mass is 16.6. The third-order valence-electron chi connectivity index (χ3n) is 5.82. The number of esters is 1. The lowest BCUT2D eigenvalue weighted by molar-refractivity contribution is -0.160. The van der Waals surface area contributed by atoms with Crippen LogP contribution in [0.4, 0.5) is 0 Å². The molecule has 0 fully saturated rings. The highest BCUT2D eigenvalue weighted by Gasteiger charge is 2.22. The lowest BCUT2D eigenvalue weighted by Crippen LogP contribution is -2.28. The van der Waals surface area contributed by atoms with Crippen molar-refractivity contribution in [1.82, 2.24) is 0 Å². The largest absolute Gasteiger partial charge is 0.504 e. The van der Waals surface area contributed by atoms with Crippen molar-refractivity contribution in [2.75, 3.05) is 0 Å². The van der Waals surface area contributed by atoms with Gasteiger partial charge in [0, 0.05) is 17.9 Å². The number of fused-ring (bicyclic) bond motifs is 1. The summed E-state index contributed by atoms with van der Waals surface area (Å²) in [5.74, 6) is -4.70. The van der Waals surface area contributed by atoms with Crippen LogP contribution in [0.5, 0.6) is 34.5 Å². The van der Waals surface area contributed by atoms with Crippen LogP contribution in [0.3, 0.4) is 0 Å². The molecule has 1 atom stereocenters. The van der Waals surface area contributed by atoms with E-state index in [2.05, 4.69) is 0 Å². The molecule has 0 saturated carbocycles. The van der Waals surface area contributed by atoms with Gasteiger partial charge in [0.2, 0.25) is 6.10 Å². The molecule has 10 nitrogen and oxygen atoms in total. The van der Waals surface area contributed by atoms with Gasteiger partial charge in [0.15, 0.2) is 34.5 Å². The summed E-state index contributed by atoms with van der Waals surface area (Å²) in [6.07, 6.45) is 0.394. The van der Waals surface area contributed by atoms with Gasteiger partial charge >= 0.3 is 11.9 Å². The summed E-state index contributed by atoms with van der Waals surface area (Å²) in [4.78, 5) is 24.1. The highest BCUT2D eigenvalue weighted by molar-refractivity contribution is 6.01. The fourth-order valence-electron chi connectivity index (χ4n) is 3.87. The van der Waals surface area contributed by atoms with Crippen molar-refractivity contribution in [3.8, 4) is 45.6 Å². The number of benzene rings is 4. The number of hydrogen-bond donors (Lipinski definition) is 7. The zero-order valence-corrected chi connectivity index (χ0v) is 19.6. The maximum absolute atomic E-state index is 12.5. The van der Waals surface area contributed by atoms with Crippen LogP contribution in [-0.4, -0.2) is 53.8 Å². The minimum Gasteiger partial charge on any atom is -0.504 e. The predicted octanol–water partition coefficient (Wildman–Crippen LogP) is 3.99. The van der Waals surface area contributed by atoms with Crippen molar-refractivity contribution < 1.29 is 50.1 Å². The number of carboxylic acids is 1. The molecule has 0 heterocycles. The highest BCUT2D eigenvalue weighted by Crippen LogP contribution is 2.39. The Morgan fingerprint density at radius 1 is 0.711 bits per heavy atom. The minimum atomic E-state index is -1.59. The van der Waals surface area contributed by atoms with Gasteiger partial charge in [-0.2, -0.15) is 0 Å². The van der Waals surface area contributed by atoms with Gasteiger partial charge in [0.1, 0.15) is 0 Å². The summed E-state index contributed by atoms with van der Waals surface area (Å²) in [5, 5.41) is 69.1. The predicted molar refractivity (Wildman–Crippen MR) is 136 cm³/mol. The Morgan fingerprint density at radius 3 is 2.00 bits per heavy atom. The van der Waals surface area contributed by atoms with Crippen LogP contribution in [-0.2, 0) is 20.7 Å². The molecule has 0 aliphatic rings. The van der Waals surface area contributed by atoms with Gasteiger partial charge in [0.05, 0.1) is 0 Å².